The van der Waals surface area contributed by atoms with Gasteiger partial charge in [-0.25, -0.2) is 4.79 Å². The summed E-state index contributed by atoms with van der Waals surface area (Å²) >= 11 is 0. The van der Waals surface area contributed by atoms with Crippen LogP contribution in [0.4, 0.5) is 5.69 Å². The molecular formula is C15H19NO2. The van der Waals surface area contributed by atoms with Crippen LogP contribution in [0.2, 0.25) is 0 Å². The topological polar surface area (TPSA) is 42.2 Å². The third kappa shape index (κ3) is 1.54. The van der Waals surface area contributed by atoms with E-state index in [9.17, 15) is 4.79 Å². The lowest BCUT2D eigenvalue weighted by atomic mass is 9.94. The summed E-state index contributed by atoms with van der Waals surface area (Å²) in [6, 6.07) is 0. The van der Waals surface area contributed by atoms with Crippen LogP contribution in [0.5, 0.6) is 0 Å². The molecule has 2 aromatic rings. The Kier molecular flexibility index (Phi) is 2.93. The molecule has 0 aliphatic rings. The number of hydrogen-bond acceptors (Lipinski definition) is 3. The number of anilines is 1. The summed E-state index contributed by atoms with van der Waals surface area (Å²) in [5, 5.41) is 4.26. The van der Waals surface area contributed by atoms with Gasteiger partial charge in [0.05, 0.1) is 0 Å². The first-order valence-electron chi connectivity index (χ1n) is 6.11. The molecule has 0 saturated carbocycles. The largest absolute Gasteiger partial charge is 0.422 e. The number of benzene rings is 1. The fourth-order valence-electron chi connectivity index (χ4n) is 2.59. The maximum absolute atomic E-state index is 11.8. The zero-order valence-corrected chi connectivity index (χ0v) is 11.8. The fourth-order valence-corrected chi connectivity index (χ4v) is 2.59. The minimum absolute atomic E-state index is 0.242. The first-order valence-corrected chi connectivity index (χ1v) is 6.11. The molecule has 0 unspecified atom stereocenters. The van der Waals surface area contributed by atoms with Gasteiger partial charge in [0.25, 0.3) is 0 Å². The molecule has 1 aromatic heterocycles. The third-order valence-corrected chi connectivity index (χ3v) is 3.94. The lowest BCUT2D eigenvalue weighted by Gasteiger charge is -2.17. The van der Waals surface area contributed by atoms with Crippen LogP contribution in [-0.4, -0.2) is 7.05 Å². The van der Waals surface area contributed by atoms with Gasteiger partial charge in [-0.05, 0) is 51.3 Å². The van der Waals surface area contributed by atoms with Crippen molar-refractivity contribution in [2.75, 3.05) is 12.4 Å². The molecule has 1 aromatic carbocycles. The van der Waals surface area contributed by atoms with Gasteiger partial charge in [-0.2, -0.15) is 0 Å². The number of hydrogen-bond donors (Lipinski definition) is 1. The van der Waals surface area contributed by atoms with Gasteiger partial charge >= 0.3 is 5.63 Å². The molecule has 3 heteroatoms. The first kappa shape index (κ1) is 12.7. The molecule has 0 radical (unpaired) electrons. The number of nitrogens with one attached hydrogen (secondary N) is 1. The van der Waals surface area contributed by atoms with Crippen molar-refractivity contribution < 1.29 is 4.42 Å². The quantitative estimate of drug-likeness (QED) is 0.783. The normalized spacial score (nSPS) is 11.0. The Balaban J connectivity index is 3.13. The monoisotopic (exact) mass is 245 g/mol. The highest BCUT2D eigenvalue weighted by Crippen LogP contribution is 2.34. The zero-order chi connectivity index (χ0) is 13.6. The molecule has 3 nitrogen and oxygen atoms in total. The van der Waals surface area contributed by atoms with Gasteiger partial charge in [-0.1, -0.05) is 0 Å². The highest BCUT2D eigenvalue weighted by atomic mass is 16.4. The molecule has 1 N–H and O–H groups in total. The number of aryl methyl sites for hydroxylation is 3. The average Bonchev–Trinajstić information content (AvgIpc) is 2.34. The van der Waals surface area contributed by atoms with Crippen LogP contribution in [-0.2, 0) is 0 Å². The van der Waals surface area contributed by atoms with Crippen LogP contribution in [0.3, 0.4) is 0 Å². The van der Waals surface area contributed by atoms with Gasteiger partial charge in [-0.3, -0.25) is 0 Å². The molecule has 0 fully saturated rings. The maximum atomic E-state index is 11.8. The summed E-state index contributed by atoms with van der Waals surface area (Å²) in [6.45, 7) is 9.95. The van der Waals surface area contributed by atoms with Crippen molar-refractivity contribution in [2.24, 2.45) is 0 Å². The molecule has 18 heavy (non-hydrogen) atoms. The lowest BCUT2D eigenvalue weighted by Crippen LogP contribution is -2.09. The molecule has 0 bridgehead atoms. The van der Waals surface area contributed by atoms with E-state index in [0.29, 0.717) is 11.1 Å². The standard InChI is InChI=1S/C15H19NO2/c1-7-9(3)13(16-6)11(5)14-12(7)8(2)10(4)15(17)18-14/h16H,1-6H3. The molecule has 0 atom stereocenters. The Hall–Kier alpha value is -1.77. The second-order valence-corrected chi connectivity index (χ2v) is 4.84. The maximum Gasteiger partial charge on any atom is 0.339 e. The Morgan fingerprint density at radius 3 is 1.94 bits per heavy atom. The van der Waals surface area contributed by atoms with E-state index in [0.717, 1.165) is 22.2 Å². The van der Waals surface area contributed by atoms with E-state index < -0.39 is 0 Å². The minimum atomic E-state index is -0.242. The van der Waals surface area contributed by atoms with E-state index in [2.05, 4.69) is 19.2 Å². The molecule has 0 aliphatic carbocycles. The van der Waals surface area contributed by atoms with Crippen molar-refractivity contribution in [3.63, 3.8) is 0 Å². The number of rotatable bonds is 1. The van der Waals surface area contributed by atoms with Gasteiger partial charge in [-0.15, -0.1) is 0 Å². The molecule has 0 saturated heterocycles. The van der Waals surface area contributed by atoms with E-state index in [1.54, 1.807) is 0 Å². The van der Waals surface area contributed by atoms with Crippen LogP contribution in [0.1, 0.15) is 27.8 Å². The summed E-state index contributed by atoms with van der Waals surface area (Å²) in [5.74, 6) is 0. The zero-order valence-electron chi connectivity index (χ0n) is 11.8. The molecule has 0 spiro atoms. The second kappa shape index (κ2) is 4.16. The van der Waals surface area contributed by atoms with Gasteiger partial charge < -0.3 is 9.73 Å². The summed E-state index contributed by atoms with van der Waals surface area (Å²) in [6.07, 6.45) is 0. The van der Waals surface area contributed by atoms with E-state index in [1.165, 1.54) is 11.1 Å². The molecular weight excluding hydrogens is 226 g/mol. The van der Waals surface area contributed by atoms with Crippen LogP contribution in [0.25, 0.3) is 11.0 Å². The fraction of sp³-hybridized carbons (Fsp3) is 0.400. The van der Waals surface area contributed by atoms with Crippen molar-refractivity contribution in [3.8, 4) is 0 Å². The summed E-state index contributed by atoms with van der Waals surface area (Å²) in [5.41, 5.74) is 6.60. The Morgan fingerprint density at radius 1 is 0.833 bits per heavy atom. The van der Waals surface area contributed by atoms with E-state index in [4.69, 9.17) is 4.42 Å². The highest BCUT2D eigenvalue weighted by molar-refractivity contribution is 5.92. The van der Waals surface area contributed by atoms with Gasteiger partial charge in [0.15, 0.2) is 0 Å². The lowest BCUT2D eigenvalue weighted by molar-refractivity contribution is 0.551. The number of fused-ring (bicyclic) bond motifs is 1. The van der Waals surface area contributed by atoms with E-state index in [1.807, 2.05) is 27.8 Å². The summed E-state index contributed by atoms with van der Waals surface area (Å²) < 4.78 is 5.49. The first-order chi connectivity index (χ1) is 8.40. The average molecular weight is 245 g/mol. The summed E-state index contributed by atoms with van der Waals surface area (Å²) in [7, 11) is 1.89. The Labute approximate surface area is 107 Å². The Morgan fingerprint density at radius 2 is 1.39 bits per heavy atom. The van der Waals surface area contributed by atoms with Crippen molar-refractivity contribution >= 4 is 16.7 Å². The van der Waals surface area contributed by atoms with Gasteiger partial charge in [0.2, 0.25) is 0 Å². The predicted octanol–water partition coefficient (Wildman–Crippen LogP) is 3.38. The van der Waals surface area contributed by atoms with Gasteiger partial charge in [0, 0.05) is 29.2 Å². The van der Waals surface area contributed by atoms with Crippen LogP contribution in [0.15, 0.2) is 9.21 Å². The third-order valence-electron chi connectivity index (χ3n) is 3.94. The van der Waals surface area contributed by atoms with E-state index >= 15 is 0 Å². The van der Waals surface area contributed by atoms with Crippen LogP contribution >= 0.6 is 0 Å². The molecule has 1 heterocycles. The molecule has 0 aliphatic heterocycles. The predicted molar refractivity (Wildman–Crippen MR) is 75.7 cm³/mol. The van der Waals surface area contributed by atoms with Crippen molar-refractivity contribution in [1.29, 1.82) is 0 Å². The SMILES string of the molecule is CNc1c(C)c(C)c2c(C)c(C)c(=O)oc2c1C. The van der Waals surface area contributed by atoms with Crippen molar-refractivity contribution in [3.05, 3.63) is 38.2 Å². The second-order valence-electron chi connectivity index (χ2n) is 4.84. The molecule has 96 valence electrons. The van der Waals surface area contributed by atoms with Gasteiger partial charge in [0.1, 0.15) is 5.58 Å². The minimum Gasteiger partial charge on any atom is -0.422 e. The van der Waals surface area contributed by atoms with E-state index in [-0.39, 0.29) is 5.63 Å². The smallest absolute Gasteiger partial charge is 0.339 e. The summed E-state index contributed by atoms with van der Waals surface area (Å²) in [4.78, 5) is 11.8. The van der Waals surface area contributed by atoms with Crippen LogP contribution in [0, 0.1) is 34.6 Å². The Bertz CT molecular complexity index is 696. The highest BCUT2D eigenvalue weighted by Gasteiger charge is 2.17. The molecule has 0 amide bonds. The van der Waals surface area contributed by atoms with Crippen LogP contribution < -0.4 is 10.9 Å². The molecule has 2 rings (SSSR count). The van der Waals surface area contributed by atoms with Crippen molar-refractivity contribution in [2.45, 2.75) is 34.6 Å². The van der Waals surface area contributed by atoms with Crippen molar-refractivity contribution in [1.82, 2.24) is 0 Å².